The van der Waals surface area contributed by atoms with Crippen LogP contribution in [0.5, 0.6) is 0 Å². The number of rotatable bonds is 2. The highest BCUT2D eigenvalue weighted by Gasteiger charge is 2.14. The summed E-state index contributed by atoms with van der Waals surface area (Å²) in [6.45, 7) is 3.41. The monoisotopic (exact) mass is 318 g/mol. The second kappa shape index (κ2) is 8.33. The van der Waals surface area contributed by atoms with Crippen molar-refractivity contribution in [3.05, 3.63) is 41.0 Å². The van der Waals surface area contributed by atoms with Gasteiger partial charge in [-0.3, -0.25) is 0 Å². The van der Waals surface area contributed by atoms with E-state index in [1.165, 1.54) is 36.9 Å². The lowest BCUT2D eigenvalue weighted by atomic mass is 9.94. The lowest BCUT2D eigenvalue weighted by Gasteiger charge is -2.20. The average molecular weight is 318 g/mol. The Bertz CT molecular complexity index is 560. The Balaban J connectivity index is 0.000000207. The summed E-state index contributed by atoms with van der Waals surface area (Å²) < 4.78 is 0. The van der Waals surface area contributed by atoms with Gasteiger partial charge in [0, 0.05) is 24.4 Å². The molecular formula is C17H22N2O4. The molecule has 1 aromatic rings. The van der Waals surface area contributed by atoms with Gasteiger partial charge in [0.2, 0.25) is 0 Å². The first-order valence-corrected chi connectivity index (χ1v) is 7.79. The van der Waals surface area contributed by atoms with Crippen LogP contribution in [-0.2, 0) is 28.9 Å². The second-order valence-corrected chi connectivity index (χ2v) is 5.57. The molecule has 3 rings (SSSR count). The number of carboxylic acid groups (broad SMARTS) is 2. The number of hydrogen-bond acceptors (Lipinski definition) is 4. The molecule has 0 aromatic heterocycles. The van der Waals surface area contributed by atoms with Gasteiger partial charge >= 0.3 is 11.9 Å². The van der Waals surface area contributed by atoms with E-state index >= 15 is 0 Å². The van der Waals surface area contributed by atoms with Crippen molar-refractivity contribution in [1.29, 1.82) is 0 Å². The molecule has 6 heteroatoms. The van der Waals surface area contributed by atoms with Crippen LogP contribution in [-0.4, -0.2) is 41.8 Å². The molecule has 0 saturated carbocycles. The number of aliphatic carboxylic acids is 2. The Morgan fingerprint density at radius 3 is 2.09 bits per heavy atom. The zero-order chi connectivity index (χ0) is 16.7. The first-order valence-electron chi connectivity index (χ1n) is 7.79. The van der Waals surface area contributed by atoms with Gasteiger partial charge < -0.3 is 20.8 Å². The smallest absolute Gasteiger partial charge is 0.328 e. The fourth-order valence-corrected chi connectivity index (χ4v) is 2.79. The topological polar surface area (TPSA) is 98.7 Å². The van der Waals surface area contributed by atoms with Crippen LogP contribution < -0.4 is 10.6 Å². The molecule has 2 aliphatic rings. The molecule has 6 nitrogen and oxygen atoms in total. The molecule has 0 amide bonds. The maximum atomic E-state index is 9.55. The molecule has 0 aliphatic carbocycles. The molecule has 0 unspecified atom stereocenters. The molecule has 0 fully saturated rings. The highest BCUT2D eigenvalue weighted by molar-refractivity contribution is 5.89. The zero-order valence-corrected chi connectivity index (χ0v) is 13.0. The Kier molecular flexibility index (Phi) is 6.17. The number of fused-ring (bicyclic) bond motifs is 2. The summed E-state index contributed by atoms with van der Waals surface area (Å²) in [5, 5.41) is 22.6. The Morgan fingerprint density at radius 2 is 1.48 bits per heavy atom. The number of carbonyl (C=O) groups is 2. The minimum Gasteiger partial charge on any atom is -0.478 e. The van der Waals surface area contributed by atoms with Gasteiger partial charge in [-0.05, 0) is 61.5 Å². The first kappa shape index (κ1) is 17.0. The van der Waals surface area contributed by atoms with Crippen LogP contribution in [0.25, 0.3) is 0 Å². The summed E-state index contributed by atoms with van der Waals surface area (Å²) in [4.78, 5) is 19.1. The van der Waals surface area contributed by atoms with Crippen molar-refractivity contribution in [2.24, 2.45) is 0 Å². The molecule has 0 saturated heterocycles. The minimum absolute atomic E-state index is 0.558. The minimum atomic E-state index is -1.26. The quantitative estimate of drug-likeness (QED) is 0.616. The summed E-state index contributed by atoms with van der Waals surface area (Å²) in [5.74, 6) is -2.51. The predicted octanol–water partition coefficient (Wildman–Crippen LogP) is 1.44. The third-order valence-corrected chi connectivity index (χ3v) is 3.87. The number of carboxylic acids is 2. The van der Waals surface area contributed by atoms with Crippen LogP contribution in [0.4, 0.5) is 5.69 Å². The van der Waals surface area contributed by atoms with Crippen LogP contribution in [0, 0.1) is 0 Å². The number of hydrogen-bond donors (Lipinski definition) is 4. The fourth-order valence-electron chi connectivity index (χ4n) is 2.79. The van der Waals surface area contributed by atoms with Crippen molar-refractivity contribution in [2.75, 3.05) is 25.0 Å². The van der Waals surface area contributed by atoms with Gasteiger partial charge in [0.15, 0.2) is 0 Å². The van der Waals surface area contributed by atoms with Gasteiger partial charge in [0.25, 0.3) is 0 Å². The van der Waals surface area contributed by atoms with Gasteiger partial charge in [0.1, 0.15) is 0 Å². The number of nitrogens with one attached hydrogen (secondary N) is 2. The van der Waals surface area contributed by atoms with Crippen LogP contribution in [0.15, 0.2) is 24.3 Å². The van der Waals surface area contributed by atoms with E-state index in [0.717, 1.165) is 19.6 Å². The lowest BCUT2D eigenvalue weighted by molar-refractivity contribution is -0.134. The van der Waals surface area contributed by atoms with Gasteiger partial charge in [-0.15, -0.1) is 0 Å². The molecule has 2 heterocycles. The van der Waals surface area contributed by atoms with Crippen molar-refractivity contribution in [2.45, 2.75) is 25.7 Å². The molecule has 0 bridgehead atoms. The van der Waals surface area contributed by atoms with E-state index in [1.807, 2.05) is 0 Å². The van der Waals surface area contributed by atoms with E-state index in [4.69, 9.17) is 10.2 Å². The Hall–Kier alpha value is -2.34. The van der Waals surface area contributed by atoms with Gasteiger partial charge in [-0.1, -0.05) is 6.07 Å². The van der Waals surface area contributed by atoms with Crippen molar-refractivity contribution >= 4 is 17.6 Å². The first-order chi connectivity index (χ1) is 11.1. The predicted molar refractivity (Wildman–Crippen MR) is 87.9 cm³/mol. The van der Waals surface area contributed by atoms with Crippen molar-refractivity contribution in [3.63, 3.8) is 0 Å². The molecule has 2 aliphatic heterocycles. The third kappa shape index (κ3) is 5.41. The zero-order valence-electron chi connectivity index (χ0n) is 13.0. The van der Waals surface area contributed by atoms with Crippen LogP contribution in [0.1, 0.15) is 23.1 Å². The number of anilines is 1. The highest BCUT2D eigenvalue weighted by atomic mass is 16.4. The van der Waals surface area contributed by atoms with Gasteiger partial charge in [-0.2, -0.15) is 0 Å². The van der Waals surface area contributed by atoms with Crippen molar-refractivity contribution < 1.29 is 19.8 Å². The SMILES string of the molecule is O=C(O)/C=C/C(=O)O.c1c2c(cc3c1CCCN3)CCNCC2. The Morgan fingerprint density at radius 1 is 0.870 bits per heavy atom. The second-order valence-electron chi connectivity index (χ2n) is 5.57. The molecule has 124 valence electrons. The summed E-state index contributed by atoms with van der Waals surface area (Å²) in [5.41, 5.74) is 6.04. The van der Waals surface area contributed by atoms with E-state index in [1.54, 1.807) is 11.1 Å². The summed E-state index contributed by atoms with van der Waals surface area (Å²) in [6.07, 6.45) is 6.03. The van der Waals surface area contributed by atoms with Gasteiger partial charge in [-0.25, -0.2) is 9.59 Å². The maximum absolute atomic E-state index is 9.55. The maximum Gasteiger partial charge on any atom is 0.328 e. The molecule has 0 spiro atoms. The van der Waals surface area contributed by atoms with E-state index in [9.17, 15) is 9.59 Å². The molecule has 4 N–H and O–H groups in total. The lowest BCUT2D eigenvalue weighted by Crippen LogP contribution is -2.16. The van der Waals surface area contributed by atoms with E-state index < -0.39 is 11.9 Å². The van der Waals surface area contributed by atoms with Gasteiger partial charge in [0.05, 0.1) is 0 Å². The van der Waals surface area contributed by atoms with E-state index in [2.05, 4.69) is 22.8 Å². The average Bonchev–Trinajstić information content (AvgIpc) is 2.76. The Labute approximate surface area is 135 Å². The summed E-state index contributed by atoms with van der Waals surface area (Å²) in [7, 11) is 0. The normalized spacial score (nSPS) is 16.2. The van der Waals surface area contributed by atoms with E-state index in [0.29, 0.717) is 12.2 Å². The molecule has 23 heavy (non-hydrogen) atoms. The molecular weight excluding hydrogens is 296 g/mol. The fraction of sp³-hybridized carbons (Fsp3) is 0.412. The summed E-state index contributed by atoms with van der Waals surface area (Å²) in [6, 6.07) is 4.82. The summed E-state index contributed by atoms with van der Waals surface area (Å²) >= 11 is 0. The van der Waals surface area contributed by atoms with E-state index in [-0.39, 0.29) is 0 Å². The van der Waals surface area contributed by atoms with Crippen molar-refractivity contribution in [3.8, 4) is 0 Å². The number of benzene rings is 1. The number of aryl methyl sites for hydroxylation is 1. The van der Waals surface area contributed by atoms with Crippen molar-refractivity contribution in [1.82, 2.24) is 5.32 Å². The third-order valence-electron chi connectivity index (χ3n) is 3.87. The van der Waals surface area contributed by atoms with Crippen LogP contribution >= 0.6 is 0 Å². The standard InChI is InChI=1S/C13H18N2.C4H4O4/c1-2-12-8-10-3-6-14-7-4-11(10)9-13(12)15-5-1;5-3(6)1-2-4(7)8/h8-9,14-15H,1-7H2;1-2H,(H,5,6)(H,7,8)/b;2-1+. The molecule has 0 radical (unpaired) electrons. The van der Waals surface area contributed by atoms with Crippen LogP contribution in [0.2, 0.25) is 0 Å². The van der Waals surface area contributed by atoms with Crippen LogP contribution in [0.3, 0.4) is 0 Å². The molecule has 0 atom stereocenters. The largest absolute Gasteiger partial charge is 0.478 e. The molecule has 1 aromatic carbocycles. The highest BCUT2D eigenvalue weighted by Crippen LogP contribution is 2.27.